The third kappa shape index (κ3) is 1.41. The van der Waals surface area contributed by atoms with Crippen LogP contribution in [0.5, 0.6) is 0 Å². The smallest absolute Gasteiger partial charge is 0.138 e. The van der Waals surface area contributed by atoms with Gasteiger partial charge in [-0.3, -0.25) is 0 Å². The van der Waals surface area contributed by atoms with E-state index < -0.39 is 6.23 Å². The van der Waals surface area contributed by atoms with Gasteiger partial charge in [-0.15, -0.1) is 0 Å². The first-order valence-corrected chi connectivity index (χ1v) is 2.93. The average Bonchev–Trinajstić information content (AvgIpc) is 2.38. The van der Waals surface area contributed by atoms with E-state index in [2.05, 4.69) is 4.98 Å². The molecule has 0 radical (unpaired) electrons. The molecule has 1 aromatic heterocycles. The van der Waals surface area contributed by atoms with Gasteiger partial charge in [0.05, 0.1) is 6.33 Å². The Labute approximate surface area is 58.1 Å². The molecule has 0 aromatic carbocycles. The number of carbonyl (C=O) groups excluding carboxylic acids is 1. The lowest BCUT2D eigenvalue weighted by molar-refractivity contribution is -0.110. The molecule has 0 aliphatic heterocycles. The molecule has 0 aliphatic rings. The van der Waals surface area contributed by atoms with Gasteiger partial charge < -0.3 is 14.5 Å². The van der Waals surface area contributed by atoms with Crippen LogP contribution in [0.1, 0.15) is 12.6 Å². The molecule has 54 valence electrons. The quantitative estimate of drug-likeness (QED) is 0.599. The Morgan fingerprint density at radius 1 is 1.80 bits per heavy atom. The zero-order chi connectivity index (χ0) is 7.40. The van der Waals surface area contributed by atoms with Crippen LogP contribution in [0.4, 0.5) is 0 Å². The highest BCUT2D eigenvalue weighted by molar-refractivity contribution is 5.49. The summed E-state index contributed by atoms with van der Waals surface area (Å²) < 4.78 is 1.47. The molecule has 4 heteroatoms. The van der Waals surface area contributed by atoms with Crippen molar-refractivity contribution in [3.05, 3.63) is 18.7 Å². The van der Waals surface area contributed by atoms with Gasteiger partial charge in [0.25, 0.3) is 0 Å². The lowest BCUT2D eigenvalue weighted by atomic mass is 10.4. The van der Waals surface area contributed by atoms with Crippen molar-refractivity contribution in [3.63, 3.8) is 0 Å². The molecule has 1 aromatic rings. The van der Waals surface area contributed by atoms with E-state index in [0.29, 0.717) is 6.29 Å². The maximum atomic E-state index is 9.92. The van der Waals surface area contributed by atoms with Gasteiger partial charge in [-0.2, -0.15) is 0 Å². The van der Waals surface area contributed by atoms with Crippen LogP contribution < -0.4 is 0 Å². The maximum absolute atomic E-state index is 9.92. The van der Waals surface area contributed by atoms with Gasteiger partial charge in [0, 0.05) is 18.8 Å². The SMILES string of the molecule is O=CCC(O)n1ccnc1. The lowest BCUT2D eigenvalue weighted by Crippen LogP contribution is -2.05. The van der Waals surface area contributed by atoms with Crippen molar-refractivity contribution in [3.8, 4) is 0 Å². The van der Waals surface area contributed by atoms with Gasteiger partial charge in [0.1, 0.15) is 12.5 Å². The first-order valence-electron chi connectivity index (χ1n) is 2.93. The van der Waals surface area contributed by atoms with E-state index in [1.165, 1.54) is 10.9 Å². The first kappa shape index (κ1) is 6.95. The molecule has 1 rings (SSSR count). The second kappa shape index (κ2) is 3.12. The van der Waals surface area contributed by atoms with E-state index in [4.69, 9.17) is 5.11 Å². The van der Waals surface area contributed by atoms with E-state index in [1.54, 1.807) is 12.4 Å². The highest BCUT2D eigenvalue weighted by Gasteiger charge is 2.02. The number of carbonyl (C=O) groups is 1. The van der Waals surface area contributed by atoms with Crippen LogP contribution in [-0.2, 0) is 4.79 Å². The molecule has 0 saturated heterocycles. The molecule has 0 bridgehead atoms. The first-order chi connectivity index (χ1) is 4.84. The summed E-state index contributed by atoms with van der Waals surface area (Å²) in [5.74, 6) is 0. The predicted octanol–water partition coefficient (Wildman–Crippen LogP) is -0.0370. The van der Waals surface area contributed by atoms with Crippen LogP contribution in [0.2, 0.25) is 0 Å². The van der Waals surface area contributed by atoms with Crippen LogP contribution in [0.25, 0.3) is 0 Å². The average molecular weight is 140 g/mol. The molecule has 0 aliphatic carbocycles. The van der Waals surface area contributed by atoms with E-state index in [-0.39, 0.29) is 6.42 Å². The van der Waals surface area contributed by atoms with Crippen LogP contribution in [-0.4, -0.2) is 20.9 Å². The third-order valence-electron chi connectivity index (χ3n) is 1.18. The molecule has 1 heterocycles. The van der Waals surface area contributed by atoms with Gasteiger partial charge >= 0.3 is 0 Å². The number of nitrogens with zero attached hydrogens (tertiary/aromatic N) is 2. The van der Waals surface area contributed by atoms with Crippen molar-refractivity contribution in [1.29, 1.82) is 0 Å². The minimum atomic E-state index is -0.764. The van der Waals surface area contributed by atoms with Gasteiger partial charge in [0.2, 0.25) is 0 Å². The monoisotopic (exact) mass is 140 g/mol. The fourth-order valence-electron chi connectivity index (χ4n) is 0.654. The van der Waals surface area contributed by atoms with Crippen molar-refractivity contribution < 1.29 is 9.90 Å². The fraction of sp³-hybridized carbons (Fsp3) is 0.333. The Bertz CT molecular complexity index is 196. The number of aromatic nitrogens is 2. The minimum absolute atomic E-state index is 0.107. The second-order valence-electron chi connectivity index (χ2n) is 1.89. The Morgan fingerprint density at radius 3 is 3.10 bits per heavy atom. The molecule has 1 unspecified atom stereocenters. The number of aliphatic hydroxyl groups is 1. The van der Waals surface area contributed by atoms with Crippen molar-refractivity contribution in [1.82, 2.24) is 9.55 Å². The van der Waals surface area contributed by atoms with Gasteiger partial charge in [0.15, 0.2) is 0 Å². The number of aldehydes is 1. The van der Waals surface area contributed by atoms with E-state index in [0.717, 1.165) is 0 Å². The molecule has 1 atom stereocenters. The topological polar surface area (TPSA) is 55.1 Å². The summed E-state index contributed by atoms with van der Waals surface area (Å²) in [6.45, 7) is 0. The van der Waals surface area contributed by atoms with Gasteiger partial charge in [-0.05, 0) is 0 Å². The van der Waals surface area contributed by atoms with Crippen molar-refractivity contribution in [2.75, 3.05) is 0 Å². The Kier molecular flexibility index (Phi) is 2.17. The molecule has 0 spiro atoms. The number of aliphatic hydroxyl groups excluding tert-OH is 1. The summed E-state index contributed by atoms with van der Waals surface area (Å²) in [7, 11) is 0. The number of hydrogen-bond donors (Lipinski definition) is 1. The third-order valence-corrected chi connectivity index (χ3v) is 1.18. The lowest BCUT2D eigenvalue weighted by Gasteiger charge is -2.06. The molecule has 10 heavy (non-hydrogen) atoms. The summed E-state index contributed by atoms with van der Waals surface area (Å²) in [6, 6.07) is 0. The summed E-state index contributed by atoms with van der Waals surface area (Å²) in [5, 5.41) is 9.10. The standard InChI is InChI=1S/C6H8N2O2/c9-4-1-6(10)8-3-2-7-5-8/h2-6,10H,1H2. The zero-order valence-electron chi connectivity index (χ0n) is 5.34. The molecule has 0 fully saturated rings. The number of hydrogen-bond acceptors (Lipinski definition) is 3. The molecule has 0 amide bonds. The van der Waals surface area contributed by atoms with Crippen LogP contribution in [0.15, 0.2) is 18.7 Å². The Balaban J connectivity index is 2.58. The highest BCUT2D eigenvalue weighted by Crippen LogP contribution is 2.02. The summed E-state index contributed by atoms with van der Waals surface area (Å²) in [6.07, 6.45) is 4.64. The minimum Gasteiger partial charge on any atom is -0.373 e. The normalized spacial score (nSPS) is 12.9. The van der Waals surface area contributed by atoms with Crippen molar-refractivity contribution in [2.45, 2.75) is 12.6 Å². The molecule has 4 nitrogen and oxygen atoms in total. The second-order valence-corrected chi connectivity index (χ2v) is 1.89. The van der Waals surface area contributed by atoms with E-state index in [9.17, 15) is 4.79 Å². The molecular weight excluding hydrogens is 132 g/mol. The molecular formula is C6H8N2O2. The number of rotatable bonds is 3. The van der Waals surface area contributed by atoms with E-state index >= 15 is 0 Å². The molecule has 0 saturated carbocycles. The van der Waals surface area contributed by atoms with Crippen molar-refractivity contribution >= 4 is 6.29 Å². The predicted molar refractivity (Wildman–Crippen MR) is 34.2 cm³/mol. The Morgan fingerprint density at radius 2 is 2.60 bits per heavy atom. The molecule has 1 N–H and O–H groups in total. The maximum Gasteiger partial charge on any atom is 0.138 e. The Hall–Kier alpha value is -1.16. The van der Waals surface area contributed by atoms with Gasteiger partial charge in [-0.1, -0.05) is 0 Å². The van der Waals surface area contributed by atoms with Gasteiger partial charge in [-0.25, -0.2) is 4.98 Å². The largest absolute Gasteiger partial charge is 0.373 e. The highest BCUT2D eigenvalue weighted by atomic mass is 16.3. The number of imidazole rings is 1. The van der Waals surface area contributed by atoms with Crippen LogP contribution in [0, 0.1) is 0 Å². The summed E-state index contributed by atoms with van der Waals surface area (Å²) >= 11 is 0. The summed E-state index contributed by atoms with van der Waals surface area (Å²) in [4.78, 5) is 13.6. The van der Waals surface area contributed by atoms with E-state index in [1.807, 2.05) is 0 Å². The summed E-state index contributed by atoms with van der Waals surface area (Å²) in [5.41, 5.74) is 0. The zero-order valence-corrected chi connectivity index (χ0v) is 5.34. The van der Waals surface area contributed by atoms with Crippen LogP contribution in [0.3, 0.4) is 0 Å². The fourth-order valence-corrected chi connectivity index (χ4v) is 0.654. The van der Waals surface area contributed by atoms with Crippen LogP contribution >= 0.6 is 0 Å². The van der Waals surface area contributed by atoms with Crippen molar-refractivity contribution in [2.24, 2.45) is 0 Å².